The van der Waals surface area contributed by atoms with Gasteiger partial charge in [-0.1, -0.05) is 59.0 Å². The highest BCUT2D eigenvalue weighted by Gasteiger charge is 2.25. The fourth-order valence-electron chi connectivity index (χ4n) is 4.01. The first-order valence-corrected chi connectivity index (χ1v) is 13.7. The highest BCUT2D eigenvalue weighted by molar-refractivity contribution is 8.08. The molecule has 34 heavy (non-hydrogen) atoms. The van der Waals surface area contributed by atoms with Crippen molar-refractivity contribution < 1.29 is 9.67 Å². The minimum atomic E-state index is 0.0149. The standard InChI is InChI=1S/C25H23ClN3O2S3/c1-3-29-22(13-21-28(10-11-32-21)14-16-6-4-5-7-17(16)15-30)34-23(24(29)31)25-27(2)19-9-8-18(26)12-20(19)33-25/h4-13,30H,3,14-15H2,1-2H3/q+1/b25-23+. The van der Waals surface area contributed by atoms with Gasteiger partial charge >= 0.3 is 0 Å². The summed E-state index contributed by atoms with van der Waals surface area (Å²) in [6, 6.07) is 13.7. The largest absolute Gasteiger partial charge is 0.392 e. The third-order valence-electron chi connectivity index (χ3n) is 5.81. The lowest BCUT2D eigenvalue weighted by atomic mass is 10.1. The van der Waals surface area contributed by atoms with Crippen molar-refractivity contribution in [2.45, 2.75) is 31.5 Å². The molecule has 9 heteroatoms. The topological polar surface area (TPSA) is 49.4 Å². The molecule has 0 bridgehead atoms. The molecule has 0 aliphatic carbocycles. The van der Waals surface area contributed by atoms with Crippen LogP contribution in [0, 0.1) is 0 Å². The van der Waals surface area contributed by atoms with Crippen LogP contribution < -0.4 is 24.2 Å². The van der Waals surface area contributed by atoms with E-state index in [0.29, 0.717) is 18.1 Å². The van der Waals surface area contributed by atoms with Crippen LogP contribution in [0.15, 0.2) is 63.7 Å². The normalized spacial score (nSPS) is 15.3. The minimum absolute atomic E-state index is 0.0149. The van der Waals surface area contributed by atoms with Gasteiger partial charge in [0.15, 0.2) is 12.7 Å². The molecule has 4 aromatic rings. The molecule has 0 amide bonds. The van der Waals surface area contributed by atoms with Gasteiger partial charge in [-0.05, 0) is 30.7 Å². The zero-order valence-electron chi connectivity index (χ0n) is 18.7. The van der Waals surface area contributed by atoms with E-state index in [1.807, 2.05) is 72.6 Å². The molecule has 0 radical (unpaired) electrons. The molecule has 5 nitrogen and oxygen atoms in total. The number of hydrogen-bond donors (Lipinski definition) is 1. The van der Waals surface area contributed by atoms with Gasteiger partial charge in [0.05, 0.1) is 23.8 Å². The quantitative estimate of drug-likeness (QED) is 0.402. The molecule has 1 N–H and O–H groups in total. The lowest BCUT2D eigenvalue weighted by Crippen LogP contribution is -2.36. The molecule has 3 heterocycles. The Hall–Kier alpha value is -2.36. The maximum atomic E-state index is 13.4. The third kappa shape index (κ3) is 4.25. The summed E-state index contributed by atoms with van der Waals surface area (Å²) in [4.78, 5) is 16.5. The highest BCUT2D eigenvalue weighted by atomic mass is 35.5. The Morgan fingerprint density at radius 1 is 1.18 bits per heavy atom. The summed E-state index contributed by atoms with van der Waals surface area (Å²) in [5, 5.41) is 14.4. The summed E-state index contributed by atoms with van der Waals surface area (Å²) in [7, 11) is 1.99. The third-order valence-corrected chi connectivity index (χ3v) is 9.36. The number of aliphatic hydroxyl groups is 1. The number of nitrogens with zero attached hydrogens (tertiary/aromatic N) is 3. The van der Waals surface area contributed by atoms with Crippen molar-refractivity contribution in [1.82, 2.24) is 4.57 Å². The molecule has 0 saturated heterocycles. The van der Waals surface area contributed by atoms with Crippen molar-refractivity contribution in [1.29, 1.82) is 0 Å². The molecule has 0 unspecified atom stereocenters. The van der Waals surface area contributed by atoms with Crippen LogP contribution in [-0.2, 0) is 19.7 Å². The molecular weight excluding hydrogens is 506 g/mol. The number of aliphatic hydroxyl groups excluding tert-OH is 1. The van der Waals surface area contributed by atoms with Crippen LogP contribution in [0.4, 0.5) is 5.69 Å². The summed E-state index contributed by atoms with van der Waals surface area (Å²) in [5.41, 5.74) is 3.09. The van der Waals surface area contributed by atoms with Crippen molar-refractivity contribution in [3.05, 3.63) is 94.7 Å². The number of fused-ring (bicyclic) bond motifs is 1. The van der Waals surface area contributed by atoms with E-state index in [0.717, 1.165) is 40.9 Å². The van der Waals surface area contributed by atoms with Crippen molar-refractivity contribution in [2.24, 2.45) is 0 Å². The lowest BCUT2D eigenvalue weighted by molar-refractivity contribution is -0.685. The summed E-state index contributed by atoms with van der Waals surface area (Å²) in [6.45, 7) is 3.27. The van der Waals surface area contributed by atoms with Crippen molar-refractivity contribution >= 4 is 62.8 Å². The second-order valence-electron chi connectivity index (χ2n) is 7.84. The van der Waals surface area contributed by atoms with Crippen LogP contribution in [0.1, 0.15) is 23.1 Å². The Bertz CT molecular complexity index is 1550. The fraction of sp³-hybridized carbons (Fsp3) is 0.200. The zero-order chi connectivity index (χ0) is 23.8. The molecule has 5 rings (SSSR count). The van der Waals surface area contributed by atoms with Gasteiger partial charge < -0.3 is 10.0 Å². The maximum absolute atomic E-state index is 13.4. The lowest BCUT2D eigenvalue weighted by Gasteiger charge is -2.12. The van der Waals surface area contributed by atoms with Crippen molar-refractivity contribution in [3.8, 4) is 0 Å². The first kappa shape index (κ1) is 23.4. The molecule has 1 aliphatic rings. The highest BCUT2D eigenvalue weighted by Crippen LogP contribution is 2.46. The molecule has 2 aromatic heterocycles. The molecule has 0 saturated carbocycles. The van der Waals surface area contributed by atoms with Crippen LogP contribution in [0.5, 0.6) is 0 Å². The van der Waals surface area contributed by atoms with E-state index in [1.165, 1.54) is 11.3 Å². The van der Waals surface area contributed by atoms with Gasteiger partial charge in [0.25, 0.3) is 10.6 Å². The molecular formula is C25H23ClN3O2S3+. The van der Waals surface area contributed by atoms with Crippen LogP contribution in [0.3, 0.4) is 0 Å². The smallest absolute Gasteiger partial charge is 0.271 e. The molecule has 1 aliphatic heterocycles. The van der Waals surface area contributed by atoms with Gasteiger partial charge in [-0.25, -0.2) is 0 Å². The fourth-order valence-corrected chi connectivity index (χ4v) is 7.60. The summed E-state index contributed by atoms with van der Waals surface area (Å²) in [6.07, 6.45) is 4.14. The summed E-state index contributed by atoms with van der Waals surface area (Å²) < 4.78 is 5.65. The van der Waals surface area contributed by atoms with Gasteiger partial charge in [-0.3, -0.25) is 9.36 Å². The number of rotatable bonds is 5. The monoisotopic (exact) mass is 528 g/mol. The Kier molecular flexibility index (Phi) is 6.68. The van der Waals surface area contributed by atoms with Crippen LogP contribution in [-0.4, -0.2) is 16.7 Å². The van der Waals surface area contributed by atoms with E-state index >= 15 is 0 Å². The number of anilines is 1. The second kappa shape index (κ2) is 9.71. The predicted octanol–water partition coefficient (Wildman–Crippen LogP) is 3.61. The minimum Gasteiger partial charge on any atom is -0.392 e. The van der Waals surface area contributed by atoms with E-state index < -0.39 is 0 Å². The van der Waals surface area contributed by atoms with E-state index in [4.69, 9.17) is 11.6 Å². The van der Waals surface area contributed by atoms with Crippen molar-refractivity contribution in [2.75, 3.05) is 11.9 Å². The van der Waals surface area contributed by atoms with Crippen molar-refractivity contribution in [3.63, 3.8) is 0 Å². The van der Waals surface area contributed by atoms with Crippen LogP contribution in [0.25, 0.3) is 11.1 Å². The average Bonchev–Trinajstić information content (AvgIpc) is 3.50. The molecule has 174 valence electrons. The Morgan fingerprint density at radius 2 is 1.97 bits per heavy atom. The van der Waals surface area contributed by atoms with E-state index in [9.17, 15) is 9.90 Å². The van der Waals surface area contributed by atoms with E-state index in [2.05, 4.69) is 15.5 Å². The predicted molar refractivity (Wildman–Crippen MR) is 142 cm³/mol. The first-order chi connectivity index (χ1) is 16.5. The average molecular weight is 529 g/mol. The van der Waals surface area contributed by atoms with Gasteiger partial charge in [-0.15, -0.1) is 11.3 Å². The van der Waals surface area contributed by atoms with Gasteiger partial charge in [0, 0.05) is 29.1 Å². The maximum Gasteiger partial charge on any atom is 0.271 e. The summed E-state index contributed by atoms with van der Waals surface area (Å²) in [5.74, 6) is 0. The Balaban J connectivity index is 1.60. The number of halogens is 1. The summed E-state index contributed by atoms with van der Waals surface area (Å²) >= 11 is 10.9. The number of thiazole rings is 2. The number of thioether (sulfide) groups is 1. The number of aromatic nitrogens is 2. The molecule has 0 spiro atoms. The van der Waals surface area contributed by atoms with E-state index in [1.54, 1.807) is 23.1 Å². The second-order valence-corrected chi connectivity index (χ2v) is 11.3. The Morgan fingerprint density at radius 3 is 2.74 bits per heavy atom. The first-order valence-electron chi connectivity index (χ1n) is 10.8. The zero-order valence-corrected chi connectivity index (χ0v) is 21.9. The Labute approximate surface area is 214 Å². The molecule has 2 aromatic carbocycles. The van der Waals surface area contributed by atoms with Gasteiger partial charge in [0.1, 0.15) is 14.2 Å². The number of hydrogen-bond acceptors (Lipinski definition) is 6. The SMILES string of the molecule is CCn1c(=O)/c(=C2\Sc3cc(Cl)ccc3N2C)s/c1=C\c1scc[n+]1Cc1ccccc1CO. The van der Waals surface area contributed by atoms with Gasteiger partial charge in [0.2, 0.25) is 0 Å². The van der Waals surface area contributed by atoms with Gasteiger partial charge in [-0.2, -0.15) is 4.57 Å². The van der Waals surface area contributed by atoms with Crippen LogP contribution in [0.2, 0.25) is 5.02 Å². The number of benzene rings is 2. The van der Waals surface area contributed by atoms with Crippen LogP contribution >= 0.6 is 46.0 Å². The van der Waals surface area contributed by atoms with E-state index in [-0.39, 0.29) is 12.2 Å². The molecule has 0 fully saturated rings. The molecule has 0 atom stereocenters.